The summed E-state index contributed by atoms with van der Waals surface area (Å²) in [6, 6.07) is 25.6. The summed E-state index contributed by atoms with van der Waals surface area (Å²) in [4.78, 5) is 9.46. The number of halogens is 3. The maximum absolute atomic E-state index is 14.1. The number of ether oxygens (including phenoxy) is 6. The first kappa shape index (κ1) is 41.9. The summed E-state index contributed by atoms with van der Waals surface area (Å²) in [6.07, 6.45) is 5.71. The van der Waals surface area contributed by atoms with Gasteiger partial charge in [-0.25, -0.2) is 4.39 Å². The quantitative estimate of drug-likeness (QED) is 0.110. The number of piperidine rings is 1. The number of pyridine rings is 1. The largest absolute Gasteiger partial charge is 0.493 e. The molecule has 54 heavy (non-hydrogen) atoms. The Morgan fingerprint density at radius 2 is 1.13 bits per heavy atom. The molecule has 9 nitrogen and oxygen atoms in total. The Morgan fingerprint density at radius 3 is 1.65 bits per heavy atom. The second-order valence-corrected chi connectivity index (χ2v) is 12.7. The standard InChI is InChI=1S/C42H46FN3O6.2ClH/c1-47-37-20-31(21-38(48-2)41(37)51-5)30-9-7-8-28(18-30)27-46(35-12-10-34(43)11-13-35)36-14-16-45(17-15-36)26-29-19-33(25-44-24-29)32-22-39(49-3)42(52-6)40(23-32)50-4;;/h7-13,18-25,36H,14-17,26-27H2,1-6H3;2*1H. The molecule has 0 atom stereocenters. The summed E-state index contributed by atoms with van der Waals surface area (Å²) >= 11 is 0. The fraction of sp³-hybridized carbons (Fsp3) is 0.310. The van der Waals surface area contributed by atoms with Crippen LogP contribution in [0.5, 0.6) is 34.5 Å². The van der Waals surface area contributed by atoms with Gasteiger partial charge in [-0.15, -0.1) is 24.8 Å². The molecule has 0 saturated carbocycles. The van der Waals surface area contributed by atoms with Gasteiger partial charge in [0.25, 0.3) is 0 Å². The van der Waals surface area contributed by atoms with Gasteiger partial charge in [0.1, 0.15) is 5.82 Å². The molecule has 0 radical (unpaired) electrons. The molecule has 1 saturated heterocycles. The van der Waals surface area contributed by atoms with Crippen LogP contribution in [0.3, 0.4) is 0 Å². The van der Waals surface area contributed by atoms with E-state index in [-0.39, 0.29) is 36.7 Å². The number of hydrogen-bond acceptors (Lipinski definition) is 9. The van der Waals surface area contributed by atoms with Crippen LogP contribution in [0.4, 0.5) is 10.1 Å². The second-order valence-electron chi connectivity index (χ2n) is 12.7. The SMILES string of the molecule is COc1cc(-c2cncc(CN3CCC(N(Cc4cccc(-c5cc(OC)c(OC)c(OC)c5)c4)c4ccc(F)cc4)CC3)c2)cc(OC)c1OC.Cl.Cl. The van der Waals surface area contributed by atoms with Gasteiger partial charge in [0.05, 0.1) is 42.7 Å². The van der Waals surface area contributed by atoms with Crippen LogP contribution in [-0.2, 0) is 13.1 Å². The third-order valence-corrected chi connectivity index (χ3v) is 9.63. The number of anilines is 1. The van der Waals surface area contributed by atoms with Crippen molar-refractivity contribution in [3.8, 4) is 56.8 Å². The molecule has 12 heteroatoms. The van der Waals surface area contributed by atoms with E-state index in [0.717, 1.165) is 71.5 Å². The highest BCUT2D eigenvalue weighted by molar-refractivity contribution is 5.85. The van der Waals surface area contributed by atoms with E-state index >= 15 is 0 Å². The normalized spacial score (nSPS) is 12.9. The lowest BCUT2D eigenvalue weighted by molar-refractivity contribution is 0.200. The van der Waals surface area contributed by atoms with Crippen molar-refractivity contribution in [3.63, 3.8) is 0 Å². The van der Waals surface area contributed by atoms with Crippen molar-refractivity contribution in [1.82, 2.24) is 9.88 Å². The summed E-state index contributed by atoms with van der Waals surface area (Å²) in [5.41, 5.74) is 7.18. The van der Waals surface area contributed by atoms with Gasteiger partial charge < -0.3 is 33.3 Å². The number of likely N-dealkylation sites (tertiary alicyclic amines) is 1. The van der Waals surface area contributed by atoms with Crippen LogP contribution < -0.4 is 33.3 Å². The monoisotopic (exact) mass is 779 g/mol. The topological polar surface area (TPSA) is 74.8 Å². The summed E-state index contributed by atoms with van der Waals surface area (Å²) in [7, 11) is 9.67. The van der Waals surface area contributed by atoms with Crippen molar-refractivity contribution in [2.75, 3.05) is 60.6 Å². The van der Waals surface area contributed by atoms with Gasteiger partial charge in [-0.2, -0.15) is 0 Å². The van der Waals surface area contributed by atoms with E-state index < -0.39 is 0 Å². The van der Waals surface area contributed by atoms with E-state index in [2.05, 4.69) is 45.1 Å². The number of aromatic nitrogens is 1. The number of hydrogen-bond donors (Lipinski definition) is 0. The van der Waals surface area contributed by atoms with Gasteiger partial charge in [-0.3, -0.25) is 9.88 Å². The summed E-state index contributed by atoms with van der Waals surface area (Å²) < 4.78 is 47.5. The van der Waals surface area contributed by atoms with Crippen LogP contribution in [0.25, 0.3) is 22.3 Å². The first-order valence-electron chi connectivity index (χ1n) is 17.3. The lowest BCUT2D eigenvalue weighted by atomic mass is 9.98. The molecule has 0 N–H and O–H groups in total. The zero-order valence-electron chi connectivity index (χ0n) is 31.5. The lowest BCUT2D eigenvalue weighted by Crippen LogP contribution is -2.44. The average molecular weight is 781 g/mol. The average Bonchev–Trinajstić information content (AvgIpc) is 3.19. The molecule has 288 valence electrons. The van der Waals surface area contributed by atoms with Crippen molar-refractivity contribution >= 4 is 30.5 Å². The molecule has 0 bridgehead atoms. The minimum absolute atomic E-state index is 0. The third-order valence-electron chi connectivity index (χ3n) is 9.63. The van der Waals surface area contributed by atoms with Crippen molar-refractivity contribution < 1.29 is 32.8 Å². The van der Waals surface area contributed by atoms with Gasteiger partial charge in [0.2, 0.25) is 11.5 Å². The van der Waals surface area contributed by atoms with E-state index in [1.54, 1.807) is 42.7 Å². The molecule has 1 aliphatic heterocycles. The molecule has 0 amide bonds. The van der Waals surface area contributed by atoms with E-state index in [1.165, 1.54) is 12.1 Å². The Labute approximate surface area is 329 Å². The van der Waals surface area contributed by atoms with Crippen LogP contribution >= 0.6 is 24.8 Å². The summed E-state index contributed by atoms with van der Waals surface area (Å²) in [5, 5.41) is 0. The van der Waals surface area contributed by atoms with Crippen molar-refractivity contribution in [2.24, 2.45) is 0 Å². The molecule has 2 heterocycles. The van der Waals surface area contributed by atoms with Gasteiger partial charge >= 0.3 is 0 Å². The second kappa shape index (κ2) is 19.4. The molecule has 6 rings (SSSR count). The molecule has 1 aliphatic rings. The third kappa shape index (κ3) is 9.42. The maximum Gasteiger partial charge on any atom is 0.203 e. The van der Waals surface area contributed by atoms with E-state index in [9.17, 15) is 4.39 Å². The predicted molar refractivity (Wildman–Crippen MR) is 216 cm³/mol. The minimum atomic E-state index is -0.245. The van der Waals surface area contributed by atoms with Crippen LogP contribution in [0.2, 0.25) is 0 Å². The van der Waals surface area contributed by atoms with Gasteiger partial charge in [0.15, 0.2) is 23.0 Å². The van der Waals surface area contributed by atoms with E-state index in [1.807, 2.05) is 48.8 Å². The Bertz CT molecular complexity index is 1920. The number of benzene rings is 4. The van der Waals surface area contributed by atoms with Crippen LogP contribution in [0.15, 0.2) is 91.3 Å². The van der Waals surface area contributed by atoms with Crippen LogP contribution in [0.1, 0.15) is 24.0 Å². The molecule has 0 unspecified atom stereocenters. The highest BCUT2D eigenvalue weighted by Crippen LogP contribution is 2.42. The fourth-order valence-electron chi connectivity index (χ4n) is 6.98. The maximum atomic E-state index is 14.1. The highest BCUT2D eigenvalue weighted by Gasteiger charge is 2.26. The number of methoxy groups -OCH3 is 6. The fourth-order valence-corrected chi connectivity index (χ4v) is 6.98. The molecule has 1 fully saturated rings. The zero-order valence-corrected chi connectivity index (χ0v) is 33.1. The summed E-state index contributed by atoms with van der Waals surface area (Å²) in [5.74, 6) is 3.27. The Morgan fingerprint density at radius 1 is 0.611 bits per heavy atom. The van der Waals surface area contributed by atoms with Gasteiger partial charge in [-0.05, 0) is 101 Å². The highest BCUT2D eigenvalue weighted by atomic mass is 35.5. The molecule has 0 aliphatic carbocycles. The zero-order chi connectivity index (χ0) is 36.6. The smallest absolute Gasteiger partial charge is 0.203 e. The van der Waals surface area contributed by atoms with Crippen molar-refractivity contribution in [1.29, 1.82) is 0 Å². The van der Waals surface area contributed by atoms with Crippen LogP contribution in [0, 0.1) is 5.82 Å². The lowest BCUT2D eigenvalue weighted by Gasteiger charge is -2.40. The van der Waals surface area contributed by atoms with E-state index in [4.69, 9.17) is 28.4 Å². The first-order chi connectivity index (χ1) is 25.4. The Kier molecular flexibility index (Phi) is 15.1. The Balaban J connectivity index is 0.00000325. The number of rotatable bonds is 14. The molecular weight excluding hydrogens is 732 g/mol. The summed E-state index contributed by atoms with van der Waals surface area (Å²) in [6.45, 7) is 3.30. The van der Waals surface area contributed by atoms with Crippen LogP contribution in [-0.4, -0.2) is 71.7 Å². The molecule has 0 spiro atoms. The van der Waals surface area contributed by atoms with Crippen molar-refractivity contribution in [3.05, 3.63) is 108 Å². The van der Waals surface area contributed by atoms with Crippen molar-refractivity contribution in [2.45, 2.75) is 32.0 Å². The Hall–Kier alpha value is -4.90. The number of nitrogens with zero attached hydrogens (tertiary/aromatic N) is 3. The molecular formula is C42H48Cl2FN3O6. The van der Waals surface area contributed by atoms with E-state index in [0.29, 0.717) is 41.0 Å². The first-order valence-corrected chi connectivity index (χ1v) is 17.3. The van der Waals surface area contributed by atoms with Gasteiger partial charge in [0, 0.05) is 55.9 Å². The van der Waals surface area contributed by atoms with Gasteiger partial charge in [-0.1, -0.05) is 18.2 Å². The minimum Gasteiger partial charge on any atom is -0.493 e. The molecule has 1 aromatic heterocycles. The predicted octanol–water partition coefficient (Wildman–Crippen LogP) is 9.12. The molecule has 4 aromatic carbocycles. The molecule has 5 aromatic rings.